The number of ether oxygens (including phenoxy) is 1. The van der Waals surface area contributed by atoms with E-state index in [1.165, 1.54) is 39.3 Å². The van der Waals surface area contributed by atoms with Crippen LogP contribution in [0.25, 0.3) is 16.5 Å². The van der Waals surface area contributed by atoms with E-state index in [0.29, 0.717) is 42.4 Å². The Kier molecular flexibility index (Phi) is 10.0. The molecule has 2 aliphatic heterocycles. The number of amides is 1. The van der Waals surface area contributed by atoms with Crippen LogP contribution in [-0.4, -0.2) is 76.4 Å². The molecule has 44 heavy (non-hydrogen) atoms. The molecule has 6 rings (SSSR count). The Labute approximate surface area is 261 Å². The number of hydrogen-bond donors (Lipinski definition) is 1. The molecule has 2 aliphatic carbocycles. The van der Waals surface area contributed by atoms with E-state index in [2.05, 4.69) is 11.8 Å². The highest BCUT2D eigenvalue weighted by atomic mass is 16.6. The standard InChI is InChI=1S/C34H41N3O5.C2H6/c1-4-24-26-16-23(42-34(41)37-14-10-22(11-15-37)36-12-6-5-7-13-36)8-9-31(26)35-32-27(24)18-29-28(32)17-25(20(2)21(3)39)30(19-38)33(29)40;1-2/h8-9,16-17,20,22,29,38H,4-7,10-15,18-19H2,1-3H3;1-2H3/t20-,29?;/m1./s1. The first-order chi connectivity index (χ1) is 21.3. The van der Waals surface area contributed by atoms with Crippen molar-refractivity contribution in [3.8, 4) is 5.75 Å². The number of hydrogen-bond acceptors (Lipinski definition) is 7. The van der Waals surface area contributed by atoms with Gasteiger partial charge in [0.1, 0.15) is 11.5 Å². The minimum atomic E-state index is -0.479. The second kappa shape index (κ2) is 13.7. The molecule has 2 aromatic rings. The van der Waals surface area contributed by atoms with Gasteiger partial charge in [0.05, 0.1) is 23.7 Å². The van der Waals surface area contributed by atoms with Gasteiger partial charge in [-0.05, 0) is 99.0 Å². The van der Waals surface area contributed by atoms with Gasteiger partial charge >= 0.3 is 6.09 Å². The lowest BCUT2D eigenvalue weighted by atomic mass is 9.79. The van der Waals surface area contributed by atoms with Crippen molar-refractivity contribution in [2.24, 2.45) is 11.8 Å². The van der Waals surface area contributed by atoms with Crippen molar-refractivity contribution >= 4 is 34.1 Å². The zero-order valence-corrected chi connectivity index (χ0v) is 26.9. The van der Waals surface area contributed by atoms with Gasteiger partial charge in [-0.25, -0.2) is 9.78 Å². The van der Waals surface area contributed by atoms with Gasteiger partial charge in [0, 0.05) is 36.0 Å². The van der Waals surface area contributed by atoms with Crippen LogP contribution in [0.1, 0.15) is 83.5 Å². The lowest BCUT2D eigenvalue weighted by Crippen LogP contribution is -2.48. The Morgan fingerprint density at radius 2 is 1.80 bits per heavy atom. The minimum absolute atomic E-state index is 0.0496. The van der Waals surface area contributed by atoms with Crippen molar-refractivity contribution in [1.29, 1.82) is 0 Å². The molecule has 2 atom stereocenters. The van der Waals surface area contributed by atoms with Gasteiger partial charge in [0.15, 0.2) is 5.78 Å². The largest absolute Gasteiger partial charge is 0.415 e. The zero-order chi connectivity index (χ0) is 31.5. The van der Waals surface area contributed by atoms with Gasteiger partial charge in [-0.15, -0.1) is 0 Å². The Hall–Kier alpha value is -3.36. The van der Waals surface area contributed by atoms with E-state index in [9.17, 15) is 19.5 Å². The van der Waals surface area contributed by atoms with Crippen LogP contribution in [0.2, 0.25) is 0 Å². The highest BCUT2D eigenvalue weighted by Crippen LogP contribution is 2.46. The third kappa shape index (κ3) is 5.98. The summed E-state index contributed by atoms with van der Waals surface area (Å²) in [5.74, 6) is -0.570. The SMILES string of the molecule is CC.CCc1c2c(nc3ccc(OC(=O)N4CCC(N5CCCCC5)CC4)cc13)C1=CC([C@H](C)C(C)=O)=C(CO)C(=O)C1C2. The van der Waals surface area contributed by atoms with Gasteiger partial charge in [-0.3, -0.25) is 9.59 Å². The van der Waals surface area contributed by atoms with Crippen LogP contribution < -0.4 is 4.74 Å². The van der Waals surface area contributed by atoms with Gasteiger partial charge in [0.2, 0.25) is 0 Å². The molecule has 236 valence electrons. The molecule has 1 aromatic carbocycles. The highest BCUT2D eigenvalue weighted by molar-refractivity contribution is 6.11. The number of aliphatic hydroxyl groups is 1. The maximum Gasteiger partial charge on any atom is 0.415 e. The van der Waals surface area contributed by atoms with Crippen molar-refractivity contribution < 1.29 is 24.2 Å². The number of fused-ring (bicyclic) bond motifs is 4. The molecule has 2 fully saturated rings. The van der Waals surface area contributed by atoms with E-state index >= 15 is 0 Å². The molecule has 0 radical (unpaired) electrons. The quantitative estimate of drug-likeness (QED) is 0.438. The fraction of sp³-hybridized carbons (Fsp3) is 0.556. The maximum absolute atomic E-state index is 13.5. The van der Waals surface area contributed by atoms with E-state index in [1.54, 1.807) is 13.0 Å². The number of allylic oxidation sites excluding steroid dienone is 3. The highest BCUT2D eigenvalue weighted by Gasteiger charge is 2.41. The first-order valence-corrected chi connectivity index (χ1v) is 16.6. The topological polar surface area (TPSA) is 100 Å². The van der Waals surface area contributed by atoms with Crippen molar-refractivity contribution in [1.82, 2.24) is 14.8 Å². The second-order valence-corrected chi connectivity index (χ2v) is 12.3. The number of ketones is 2. The number of carbonyl (C=O) groups excluding carboxylic acids is 3. The summed E-state index contributed by atoms with van der Waals surface area (Å²) in [6.07, 6.45) is 8.69. The van der Waals surface area contributed by atoms with Gasteiger partial charge in [0.25, 0.3) is 0 Å². The molecule has 8 heteroatoms. The number of benzene rings is 1. The minimum Gasteiger partial charge on any atom is -0.410 e. The molecule has 0 bridgehead atoms. The summed E-state index contributed by atoms with van der Waals surface area (Å²) in [4.78, 5) is 48.2. The average molecular weight is 602 g/mol. The first kappa shape index (κ1) is 32.0. The summed E-state index contributed by atoms with van der Waals surface area (Å²) in [5.41, 5.74) is 5.43. The Balaban J connectivity index is 0.00000188. The third-order valence-corrected chi connectivity index (χ3v) is 9.93. The van der Waals surface area contributed by atoms with Gasteiger partial charge < -0.3 is 19.6 Å². The maximum atomic E-state index is 13.5. The van der Waals surface area contributed by atoms with Crippen molar-refractivity contribution in [3.63, 3.8) is 0 Å². The van der Waals surface area contributed by atoms with Crippen LogP contribution in [-0.2, 0) is 22.4 Å². The summed E-state index contributed by atoms with van der Waals surface area (Å²) in [7, 11) is 0. The number of nitrogens with zero attached hydrogens (tertiary/aromatic N) is 3. The van der Waals surface area contributed by atoms with Gasteiger partial charge in [-0.1, -0.05) is 40.2 Å². The van der Waals surface area contributed by atoms with Crippen LogP contribution in [0.5, 0.6) is 5.75 Å². The predicted molar refractivity (Wildman–Crippen MR) is 173 cm³/mol. The molecule has 2 saturated heterocycles. The molecule has 1 unspecified atom stereocenters. The summed E-state index contributed by atoms with van der Waals surface area (Å²) >= 11 is 0. The average Bonchev–Trinajstić information content (AvgIpc) is 3.43. The van der Waals surface area contributed by atoms with Crippen LogP contribution in [0.4, 0.5) is 4.79 Å². The lowest BCUT2D eigenvalue weighted by molar-refractivity contribution is -0.119. The van der Waals surface area contributed by atoms with Crippen molar-refractivity contribution in [2.45, 2.75) is 85.6 Å². The number of aryl methyl sites for hydroxylation is 1. The van der Waals surface area contributed by atoms with E-state index < -0.39 is 11.8 Å². The predicted octanol–water partition coefficient (Wildman–Crippen LogP) is 5.92. The Morgan fingerprint density at radius 1 is 1.09 bits per heavy atom. The first-order valence-electron chi connectivity index (χ1n) is 16.6. The van der Waals surface area contributed by atoms with Crippen LogP contribution in [0, 0.1) is 11.8 Å². The second-order valence-electron chi connectivity index (χ2n) is 12.3. The van der Waals surface area contributed by atoms with E-state index in [-0.39, 0.29) is 24.3 Å². The number of likely N-dealkylation sites (tertiary alicyclic amines) is 2. The number of rotatable bonds is 6. The summed E-state index contributed by atoms with van der Waals surface area (Å²) in [6.45, 7) is 12.7. The molecule has 3 heterocycles. The Bertz CT molecular complexity index is 1490. The molecule has 1 aromatic heterocycles. The molecule has 0 saturated carbocycles. The number of Topliss-reactive ketones (excluding diaryl/α,β-unsaturated/α-hetero) is 2. The summed E-state index contributed by atoms with van der Waals surface area (Å²) in [6, 6.07) is 6.14. The summed E-state index contributed by atoms with van der Waals surface area (Å²) in [5, 5.41) is 11.0. The smallest absolute Gasteiger partial charge is 0.410 e. The lowest BCUT2D eigenvalue weighted by Gasteiger charge is -2.39. The molecule has 4 aliphatic rings. The van der Waals surface area contributed by atoms with E-state index in [0.717, 1.165) is 52.6 Å². The van der Waals surface area contributed by atoms with Crippen molar-refractivity contribution in [2.75, 3.05) is 32.8 Å². The molecule has 1 amide bonds. The number of aliphatic hydroxyl groups excluding tert-OH is 1. The molecular formula is C36H47N3O5. The zero-order valence-electron chi connectivity index (χ0n) is 26.9. The monoisotopic (exact) mass is 601 g/mol. The number of piperidine rings is 2. The Morgan fingerprint density at radius 3 is 2.43 bits per heavy atom. The molecule has 0 spiro atoms. The van der Waals surface area contributed by atoms with Crippen LogP contribution in [0.15, 0.2) is 35.4 Å². The third-order valence-electron chi connectivity index (χ3n) is 9.93. The van der Waals surface area contributed by atoms with Crippen LogP contribution in [0.3, 0.4) is 0 Å². The molecule has 8 nitrogen and oxygen atoms in total. The normalized spacial score (nSPS) is 21.3. The summed E-state index contributed by atoms with van der Waals surface area (Å²) < 4.78 is 5.88. The number of pyridine rings is 1. The van der Waals surface area contributed by atoms with E-state index in [4.69, 9.17) is 9.72 Å². The fourth-order valence-electron chi connectivity index (χ4n) is 7.40. The van der Waals surface area contributed by atoms with Gasteiger partial charge in [-0.2, -0.15) is 0 Å². The van der Waals surface area contributed by atoms with Crippen LogP contribution >= 0.6 is 0 Å². The van der Waals surface area contributed by atoms with Crippen molar-refractivity contribution in [3.05, 3.63) is 52.2 Å². The fourth-order valence-corrected chi connectivity index (χ4v) is 7.40. The number of aromatic nitrogens is 1. The molecule has 1 N–H and O–H groups in total. The van der Waals surface area contributed by atoms with E-state index in [1.807, 2.05) is 37.0 Å². The molecular weight excluding hydrogens is 554 g/mol. The number of carbonyl (C=O) groups is 3.